The van der Waals surface area contributed by atoms with Gasteiger partial charge in [0, 0.05) is 5.39 Å². The Balaban J connectivity index is 2.62. The molecule has 1 aromatic heterocycles. The monoisotopic (exact) mass is 200 g/mol. The van der Waals surface area contributed by atoms with Gasteiger partial charge in [-0.1, -0.05) is 26.8 Å². The first-order chi connectivity index (χ1) is 6.97. The lowest BCUT2D eigenvalue weighted by Gasteiger charge is -2.19. The maximum absolute atomic E-state index is 5.64. The number of nitrogens with two attached hydrogens (primary N) is 1. The molecule has 0 saturated heterocycles. The molecule has 0 spiro atoms. The van der Waals surface area contributed by atoms with Crippen LogP contribution in [0.5, 0.6) is 0 Å². The van der Waals surface area contributed by atoms with Gasteiger partial charge >= 0.3 is 0 Å². The van der Waals surface area contributed by atoms with E-state index in [2.05, 4.69) is 37.9 Å². The fourth-order valence-electron chi connectivity index (χ4n) is 1.61. The van der Waals surface area contributed by atoms with E-state index in [1.54, 1.807) is 0 Å². The van der Waals surface area contributed by atoms with E-state index in [0.717, 1.165) is 10.9 Å². The van der Waals surface area contributed by atoms with Gasteiger partial charge < -0.3 is 5.73 Å². The Labute approximate surface area is 90.1 Å². The van der Waals surface area contributed by atoms with Crippen molar-refractivity contribution in [2.75, 3.05) is 5.73 Å². The Bertz CT molecular complexity index is 495. The van der Waals surface area contributed by atoms with Crippen molar-refractivity contribution < 1.29 is 0 Å². The molecule has 0 aliphatic heterocycles. The summed E-state index contributed by atoms with van der Waals surface area (Å²) in [5, 5.41) is 1.15. The second-order valence-corrected chi connectivity index (χ2v) is 4.89. The molecule has 1 heterocycles. The van der Waals surface area contributed by atoms with Gasteiger partial charge in [-0.2, -0.15) is 0 Å². The Morgan fingerprint density at radius 1 is 1.07 bits per heavy atom. The predicted octanol–water partition coefficient (Wildman–Crippen LogP) is 3.11. The number of fused-ring (bicyclic) bond motifs is 1. The number of nitrogen functional groups attached to an aromatic ring is 1. The van der Waals surface area contributed by atoms with E-state index in [1.807, 2.05) is 18.2 Å². The summed E-state index contributed by atoms with van der Waals surface area (Å²) in [5.41, 5.74) is 8.09. The topological polar surface area (TPSA) is 38.9 Å². The highest BCUT2D eigenvalue weighted by atomic mass is 14.8. The highest BCUT2D eigenvalue weighted by Crippen LogP contribution is 2.25. The summed E-state index contributed by atoms with van der Waals surface area (Å²) in [6.07, 6.45) is 0. The van der Waals surface area contributed by atoms with E-state index in [4.69, 9.17) is 5.73 Å². The van der Waals surface area contributed by atoms with E-state index in [9.17, 15) is 0 Å². The number of pyridine rings is 1. The minimum atomic E-state index is 0.176. The van der Waals surface area contributed by atoms with Crippen LogP contribution in [0.3, 0.4) is 0 Å². The van der Waals surface area contributed by atoms with Gasteiger partial charge in [0.1, 0.15) is 5.82 Å². The molecule has 0 fully saturated rings. The van der Waals surface area contributed by atoms with Crippen LogP contribution < -0.4 is 5.73 Å². The van der Waals surface area contributed by atoms with E-state index >= 15 is 0 Å². The molecule has 0 atom stereocenters. The van der Waals surface area contributed by atoms with Crippen LogP contribution in [0.15, 0.2) is 30.3 Å². The second kappa shape index (κ2) is 3.23. The Morgan fingerprint density at radius 2 is 1.80 bits per heavy atom. The molecule has 1 aromatic carbocycles. The number of aromatic nitrogens is 1. The van der Waals surface area contributed by atoms with Crippen LogP contribution in [-0.2, 0) is 5.41 Å². The molecule has 78 valence electrons. The molecule has 2 heteroatoms. The minimum absolute atomic E-state index is 0.176. The lowest BCUT2D eigenvalue weighted by Crippen LogP contribution is -2.10. The summed E-state index contributed by atoms with van der Waals surface area (Å²) in [4.78, 5) is 4.28. The van der Waals surface area contributed by atoms with Crippen LogP contribution in [0.25, 0.3) is 10.9 Å². The zero-order valence-electron chi connectivity index (χ0n) is 9.41. The van der Waals surface area contributed by atoms with Gasteiger partial charge in [0.15, 0.2) is 0 Å². The number of hydrogen-bond donors (Lipinski definition) is 1. The molecule has 2 nitrogen and oxygen atoms in total. The highest BCUT2D eigenvalue weighted by Gasteiger charge is 2.13. The lowest BCUT2D eigenvalue weighted by atomic mass is 9.86. The third-order valence-electron chi connectivity index (χ3n) is 2.58. The average molecular weight is 200 g/mol. The third kappa shape index (κ3) is 1.94. The first-order valence-corrected chi connectivity index (χ1v) is 5.13. The van der Waals surface area contributed by atoms with Gasteiger partial charge in [-0.15, -0.1) is 0 Å². The third-order valence-corrected chi connectivity index (χ3v) is 2.58. The first-order valence-electron chi connectivity index (χ1n) is 5.13. The van der Waals surface area contributed by atoms with Crippen molar-refractivity contribution in [1.82, 2.24) is 4.98 Å². The van der Waals surface area contributed by atoms with Crippen LogP contribution in [0, 0.1) is 0 Å². The zero-order chi connectivity index (χ0) is 11.1. The van der Waals surface area contributed by atoms with Gasteiger partial charge in [-0.3, -0.25) is 0 Å². The zero-order valence-corrected chi connectivity index (χ0v) is 9.41. The smallest absolute Gasteiger partial charge is 0.124 e. The van der Waals surface area contributed by atoms with Crippen LogP contribution in [-0.4, -0.2) is 4.98 Å². The Hall–Kier alpha value is -1.57. The number of anilines is 1. The Kier molecular flexibility index (Phi) is 2.14. The maximum Gasteiger partial charge on any atom is 0.124 e. The number of nitrogens with zero attached hydrogens (tertiary/aromatic N) is 1. The molecule has 0 unspecified atom stereocenters. The van der Waals surface area contributed by atoms with Crippen LogP contribution in [0.4, 0.5) is 5.82 Å². The molecule has 0 bridgehead atoms. The van der Waals surface area contributed by atoms with Gasteiger partial charge in [0.05, 0.1) is 5.52 Å². The van der Waals surface area contributed by atoms with Crippen molar-refractivity contribution in [2.45, 2.75) is 26.2 Å². The van der Waals surface area contributed by atoms with Crippen molar-refractivity contribution in [3.63, 3.8) is 0 Å². The van der Waals surface area contributed by atoms with Crippen LogP contribution in [0.2, 0.25) is 0 Å². The highest BCUT2D eigenvalue weighted by molar-refractivity contribution is 5.80. The SMILES string of the molecule is CC(C)(C)c1ccc2nc(N)ccc2c1. The van der Waals surface area contributed by atoms with Crippen molar-refractivity contribution in [3.8, 4) is 0 Å². The summed E-state index contributed by atoms with van der Waals surface area (Å²) >= 11 is 0. The number of benzene rings is 1. The van der Waals surface area contributed by atoms with E-state index < -0.39 is 0 Å². The summed E-state index contributed by atoms with van der Waals surface area (Å²) in [6.45, 7) is 6.62. The molecule has 15 heavy (non-hydrogen) atoms. The molecule has 0 aliphatic carbocycles. The molecular weight excluding hydrogens is 184 g/mol. The fourth-order valence-corrected chi connectivity index (χ4v) is 1.61. The van der Waals surface area contributed by atoms with Crippen molar-refractivity contribution in [2.24, 2.45) is 0 Å². The molecule has 2 N–H and O–H groups in total. The van der Waals surface area contributed by atoms with Gasteiger partial charge in [-0.25, -0.2) is 4.98 Å². The number of rotatable bonds is 0. The normalized spacial score (nSPS) is 11.9. The lowest BCUT2D eigenvalue weighted by molar-refractivity contribution is 0.591. The number of hydrogen-bond acceptors (Lipinski definition) is 2. The summed E-state index contributed by atoms with van der Waals surface area (Å²) in [7, 11) is 0. The van der Waals surface area contributed by atoms with Crippen molar-refractivity contribution >= 4 is 16.7 Å². The molecule has 2 aromatic rings. The van der Waals surface area contributed by atoms with Gasteiger partial charge in [0.2, 0.25) is 0 Å². The minimum Gasteiger partial charge on any atom is -0.384 e. The van der Waals surface area contributed by atoms with Gasteiger partial charge in [0.25, 0.3) is 0 Å². The summed E-state index contributed by atoms with van der Waals surface area (Å²) in [5.74, 6) is 0.575. The largest absolute Gasteiger partial charge is 0.384 e. The second-order valence-electron chi connectivity index (χ2n) is 4.89. The fraction of sp³-hybridized carbons (Fsp3) is 0.308. The standard InChI is InChI=1S/C13H16N2/c1-13(2,3)10-5-6-11-9(8-10)4-7-12(14)15-11/h4-8H,1-3H3,(H2,14,15). The van der Waals surface area contributed by atoms with Crippen molar-refractivity contribution in [1.29, 1.82) is 0 Å². The summed E-state index contributed by atoms with van der Waals surface area (Å²) < 4.78 is 0. The average Bonchev–Trinajstić information content (AvgIpc) is 2.15. The predicted molar refractivity (Wildman–Crippen MR) is 64.9 cm³/mol. The molecule has 0 amide bonds. The van der Waals surface area contributed by atoms with Gasteiger partial charge in [-0.05, 0) is 35.2 Å². The Morgan fingerprint density at radius 3 is 2.47 bits per heavy atom. The van der Waals surface area contributed by atoms with E-state index in [1.165, 1.54) is 5.56 Å². The van der Waals surface area contributed by atoms with E-state index in [-0.39, 0.29) is 5.41 Å². The molecule has 2 rings (SSSR count). The van der Waals surface area contributed by atoms with E-state index in [0.29, 0.717) is 5.82 Å². The van der Waals surface area contributed by atoms with Crippen LogP contribution >= 0.6 is 0 Å². The first kappa shape index (κ1) is 9.97. The summed E-state index contributed by atoms with van der Waals surface area (Å²) in [6, 6.07) is 10.2. The maximum atomic E-state index is 5.64. The molecule has 0 saturated carbocycles. The molecular formula is C13H16N2. The van der Waals surface area contributed by atoms with Crippen LogP contribution in [0.1, 0.15) is 26.3 Å². The van der Waals surface area contributed by atoms with Crippen molar-refractivity contribution in [3.05, 3.63) is 35.9 Å². The molecule has 0 aliphatic rings. The molecule has 0 radical (unpaired) electrons. The quantitative estimate of drug-likeness (QED) is 0.709.